The number of nitrogens with one attached hydrogen (secondary N) is 1. The zero-order chi connectivity index (χ0) is 26.4. The molecule has 7 heteroatoms. The number of carbonyl (C=O) groups is 2. The Morgan fingerprint density at radius 3 is 2.37 bits per heavy atom. The number of amides is 2. The maximum absolute atomic E-state index is 14.3. The average Bonchev–Trinajstić information content (AvgIpc) is 3.54. The van der Waals surface area contributed by atoms with Gasteiger partial charge in [-0.1, -0.05) is 54.1 Å². The second kappa shape index (κ2) is 10.3. The normalized spacial score (nSPS) is 23.1. The molecule has 3 aromatic carbocycles. The zero-order valence-corrected chi connectivity index (χ0v) is 24.3. The predicted molar refractivity (Wildman–Crippen MR) is 158 cm³/mol. The van der Waals surface area contributed by atoms with Gasteiger partial charge >= 0.3 is 0 Å². The first-order chi connectivity index (χ1) is 18.4. The molecule has 38 heavy (non-hydrogen) atoms. The van der Waals surface area contributed by atoms with Gasteiger partial charge in [-0.15, -0.1) is 11.8 Å². The Labute approximate surface area is 241 Å². The molecule has 1 aliphatic heterocycles. The van der Waals surface area contributed by atoms with Crippen molar-refractivity contribution >= 4 is 46.2 Å². The highest BCUT2D eigenvalue weighted by molar-refractivity contribution is 14.1. The van der Waals surface area contributed by atoms with Gasteiger partial charge in [-0.3, -0.25) is 9.59 Å². The van der Waals surface area contributed by atoms with Gasteiger partial charge in [-0.25, -0.2) is 0 Å². The molecule has 1 saturated heterocycles. The predicted octanol–water partition coefficient (Wildman–Crippen LogP) is 5.34. The van der Waals surface area contributed by atoms with E-state index in [4.69, 9.17) is 0 Å². The summed E-state index contributed by atoms with van der Waals surface area (Å²) in [6.45, 7) is 2.00. The molecule has 2 amide bonds. The second-order valence-electron chi connectivity index (χ2n) is 10.8. The number of hydrogen-bond acceptors (Lipinski definition) is 4. The number of thioether (sulfide) groups is 1. The quantitative estimate of drug-likeness (QED) is 0.343. The van der Waals surface area contributed by atoms with Crippen molar-refractivity contribution in [3.05, 3.63) is 98.1 Å². The first-order valence-electron chi connectivity index (χ1n) is 13.2. The molecule has 0 spiro atoms. The maximum Gasteiger partial charge on any atom is 0.239 e. The van der Waals surface area contributed by atoms with E-state index < -0.39 is 10.8 Å². The van der Waals surface area contributed by atoms with E-state index in [0.717, 1.165) is 50.8 Å². The van der Waals surface area contributed by atoms with Gasteiger partial charge in [-0.05, 0) is 95.7 Å². The third-order valence-corrected chi connectivity index (χ3v) is 10.4. The van der Waals surface area contributed by atoms with Crippen molar-refractivity contribution < 1.29 is 14.7 Å². The average molecular weight is 639 g/mol. The van der Waals surface area contributed by atoms with Crippen LogP contribution in [-0.2, 0) is 29.0 Å². The second-order valence-corrected chi connectivity index (χ2v) is 13.3. The van der Waals surface area contributed by atoms with E-state index >= 15 is 0 Å². The molecule has 0 radical (unpaired) electrons. The summed E-state index contributed by atoms with van der Waals surface area (Å²) in [4.78, 5) is 31.4. The highest BCUT2D eigenvalue weighted by atomic mass is 127. The van der Waals surface area contributed by atoms with Crippen LogP contribution in [0.3, 0.4) is 0 Å². The van der Waals surface area contributed by atoms with Crippen LogP contribution in [0.4, 0.5) is 0 Å². The highest BCUT2D eigenvalue weighted by Crippen LogP contribution is 2.55. The standard InChI is InChI=1S/C31H31IN2O3S/c1-19-6-11-25(12-7-19)38-31(30(37)33-23-9-10-23)17-28(36)34(24-15-21-4-2-3-5-22(21)16-24)29(31)26-13-8-20(18-35)14-27(26)32/h2-8,11-14,23-24,29,35H,9-10,15-18H2,1H3,(H,33,37)/t29-,31-/m1/s1. The fourth-order valence-electron chi connectivity index (χ4n) is 5.91. The minimum absolute atomic E-state index is 0.00700. The summed E-state index contributed by atoms with van der Waals surface area (Å²) in [6.07, 6.45) is 3.71. The van der Waals surface area contributed by atoms with Gasteiger partial charge in [0.05, 0.1) is 19.1 Å². The van der Waals surface area contributed by atoms with E-state index in [1.54, 1.807) is 0 Å². The number of fused-ring (bicyclic) bond motifs is 1. The van der Waals surface area contributed by atoms with Gasteiger partial charge in [0.15, 0.2) is 0 Å². The van der Waals surface area contributed by atoms with E-state index in [0.29, 0.717) is 0 Å². The molecule has 0 aromatic heterocycles. The molecule has 3 aromatic rings. The van der Waals surface area contributed by atoms with Crippen molar-refractivity contribution in [1.29, 1.82) is 0 Å². The van der Waals surface area contributed by atoms with Gasteiger partial charge < -0.3 is 15.3 Å². The maximum atomic E-state index is 14.3. The van der Waals surface area contributed by atoms with Crippen molar-refractivity contribution in [3.63, 3.8) is 0 Å². The smallest absolute Gasteiger partial charge is 0.239 e. The van der Waals surface area contributed by atoms with Gasteiger partial charge in [0.2, 0.25) is 11.8 Å². The molecule has 2 aliphatic carbocycles. The number of hydrogen-bond donors (Lipinski definition) is 2. The van der Waals surface area contributed by atoms with Gasteiger partial charge in [0, 0.05) is 20.5 Å². The van der Waals surface area contributed by atoms with E-state index in [2.05, 4.69) is 83.4 Å². The minimum atomic E-state index is -1.01. The first-order valence-corrected chi connectivity index (χ1v) is 15.1. The lowest BCUT2D eigenvalue weighted by molar-refractivity contribution is -0.131. The van der Waals surface area contributed by atoms with Crippen LogP contribution >= 0.6 is 34.4 Å². The number of likely N-dealkylation sites (tertiary alicyclic amines) is 1. The van der Waals surface area contributed by atoms with E-state index in [1.807, 2.05) is 23.1 Å². The first kappa shape index (κ1) is 25.9. The molecule has 1 heterocycles. The Morgan fingerprint density at radius 2 is 1.76 bits per heavy atom. The van der Waals surface area contributed by atoms with Crippen molar-refractivity contribution in [3.8, 4) is 0 Å². The molecule has 6 rings (SSSR count). The monoisotopic (exact) mass is 638 g/mol. The molecule has 3 aliphatic rings. The van der Waals surface area contributed by atoms with Crippen molar-refractivity contribution in [2.75, 3.05) is 0 Å². The molecule has 196 valence electrons. The summed E-state index contributed by atoms with van der Waals surface area (Å²) < 4.78 is -0.0489. The molecule has 0 bridgehead atoms. The van der Waals surface area contributed by atoms with Gasteiger partial charge in [0.1, 0.15) is 4.75 Å². The van der Waals surface area contributed by atoms with Crippen molar-refractivity contribution in [1.82, 2.24) is 10.2 Å². The summed E-state index contributed by atoms with van der Waals surface area (Å²) in [5.74, 6) is -0.0237. The number of aliphatic hydroxyl groups excluding tert-OH is 1. The zero-order valence-electron chi connectivity index (χ0n) is 21.3. The largest absolute Gasteiger partial charge is 0.392 e. The van der Waals surface area contributed by atoms with Crippen LogP contribution < -0.4 is 5.32 Å². The van der Waals surface area contributed by atoms with Crippen LogP contribution in [0, 0.1) is 10.5 Å². The SMILES string of the molecule is Cc1ccc(S[C@]2(C(=O)NC3CC3)CC(=O)N(C3Cc4ccccc4C3)[C@@H]2c2ccc(CO)cc2I)cc1. The molecule has 2 fully saturated rings. The lowest BCUT2D eigenvalue weighted by Gasteiger charge is -2.39. The number of halogens is 1. The Hall–Kier alpha value is -2.36. The molecule has 1 saturated carbocycles. The van der Waals surface area contributed by atoms with Crippen LogP contribution in [0.1, 0.15) is 53.1 Å². The van der Waals surface area contributed by atoms with Crippen molar-refractivity contribution in [2.24, 2.45) is 0 Å². The molecule has 5 nitrogen and oxygen atoms in total. The van der Waals surface area contributed by atoms with E-state index in [1.165, 1.54) is 22.9 Å². The molecule has 2 atom stereocenters. The van der Waals surface area contributed by atoms with Gasteiger partial charge in [-0.2, -0.15) is 0 Å². The summed E-state index contributed by atoms with van der Waals surface area (Å²) in [5, 5.41) is 13.0. The minimum Gasteiger partial charge on any atom is -0.392 e. The van der Waals surface area contributed by atoms with Crippen LogP contribution in [0.2, 0.25) is 0 Å². The lowest BCUT2D eigenvalue weighted by atomic mass is 9.90. The Balaban J connectivity index is 1.49. The number of nitrogens with zero attached hydrogens (tertiary/aromatic N) is 1. The molecular formula is C31H31IN2O3S. The Morgan fingerprint density at radius 1 is 1.08 bits per heavy atom. The van der Waals surface area contributed by atoms with E-state index in [9.17, 15) is 14.7 Å². The summed E-state index contributed by atoms with van der Waals surface area (Å²) >= 11 is 3.83. The summed E-state index contributed by atoms with van der Waals surface area (Å²) in [5.41, 5.74) is 5.50. The number of aryl methyl sites for hydroxylation is 1. The lowest BCUT2D eigenvalue weighted by Crippen LogP contribution is -2.50. The van der Waals surface area contributed by atoms with Crippen LogP contribution in [0.25, 0.3) is 0 Å². The molecule has 0 unspecified atom stereocenters. The van der Waals surface area contributed by atoms with Crippen LogP contribution in [-0.4, -0.2) is 38.7 Å². The molecule has 2 N–H and O–H groups in total. The Bertz CT molecular complexity index is 1370. The number of rotatable bonds is 7. The Kier molecular flexibility index (Phi) is 7.03. The number of benzene rings is 3. The summed E-state index contributed by atoms with van der Waals surface area (Å²) in [6, 6.07) is 22.3. The fraction of sp³-hybridized carbons (Fsp3) is 0.355. The van der Waals surface area contributed by atoms with Gasteiger partial charge in [0.25, 0.3) is 0 Å². The number of aliphatic hydroxyl groups is 1. The fourth-order valence-corrected chi connectivity index (χ4v) is 8.18. The number of carbonyl (C=O) groups excluding carboxylic acids is 2. The summed E-state index contributed by atoms with van der Waals surface area (Å²) in [7, 11) is 0. The van der Waals surface area contributed by atoms with Crippen molar-refractivity contribution in [2.45, 2.75) is 73.4 Å². The third kappa shape index (κ3) is 4.77. The third-order valence-electron chi connectivity index (χ3n) is 8.00. The molecular weight excluding hydrogens is 607 g/mol. The highest BCUT2D eigenvalue weighted by Gasteiger charge is 2.60. The van der Waals surface area contributed by atoms with Crippen LogP contribution in [0.15, 0.2) is 71.6 Å². The van der Waals surface area contributed by atoms with E-state index in [-0.39, 0.29) is 36.9 Å². The topological polar surface area (TPSA) is 69.6 Å². The van der Waals surface area contributed by atoms with Crippen LogP contribution in [0.5, 0.6) is 0 Å².